The van der Waals surface area contributed by atoms with E-state index in [-0.39, 0.29) is 23.3 Å². The summed E-state index contributed by atoms with van der Waals surface area (Å²) in [6.45, 7) is 3.37. The van der Waals surface area contributed by atoms with Gasteiger partial charge in [-0.3, -0.25) is 0 Å². The van der Waals surface area contributed by atoms with E-state index in [1.165, 1.54) is 19.2 Å². The number of ether oxygens (including phenoxy) is 1. The highest BCUT2D eigenvalue weighted by Crippen LogP contribution is 2.15. The molecule has 9 heteroatoms. The molecule has 0 aliphatic carbocycles. The Balaban J connectivity index is 2.11. The minimum absolute atomic E-state index is 0.120. The van der Waals surface area contributed by atoms with Crippen LogP contribution in [0.3, 0.4) is 0 Å². The highest BCUT2D eigenvalue weighted by atomic mass is 32.2. The fourth-order valence-corrected chi connectivity index (χ4v) is 2.42. The molecular weight excluding hydrogens is 300 g/mol. The van der Waals surface area contributed by atoms with Gasteiger partial charge >= 0.3 is 5.97 Å². The van der Waals surface area contributed by atoms with Gasteiger partial charge in [-0.2, -0.15) is 4.72 Å². The first kappa shape index (κ1) is 15.3. The third kappa shape index (κ3) is 3.31. The fourth-order valence-electron chi connectivity index (χ4n) is 1.52. The lowest BCUT2D eigenvalue weighted by atomic mass is 10.4. The number of hydrogen-bond donors (Lipinski definition) is 1. The molecular formula is C12H14N2O6S. The van der Waals surface area contributed by atoms with Crippen molar-refractivity contribution in [1.29, 1.82) is 0 Å². The molecule has 0 unspecified atom stereocenters. The maximum Gasteiger partial charge on any atom is 0.374 e. The summed E-state index contributed by atoms with van der Waals surface area (Å²) in [7, 11) is -2.74. The van der Waals surface area contributed by atoms with Gasteiger partial charge in [0.15, 0.2) is 0 Å². The smallest absolute Gasteiger partial charge is 0.374 e. The van der Waals surface area contributed by atoms with E-state index in [1.807, 2.05) is 0 Å². The van der Waals surface area contributed by atoms with Gasteiger partial charge in [0.25, 0.3) is 10.0 Å². The standard InChI is InChI=1S/C12H14N2O6S/c1-7-8(2)19-10(14-7)6-13-21(16,17)11-5-4-9(20-11)12(15)18-3/h4-5,13H,6H2,1-3H3. The predicted octanol–water partition coefficient (Wildman–Crippen LogP) is 1.15. The zero-order valence-electron chi connectivity index (χ0n) is 11.7. The molecule has 2 heterocycles. The molecule has 0 aliphatic heterocycles. The molecule has 0 saturated carbocycles. The first-order chi connectivity index (χ1) is 9.83. The van der Waals surface area contributed by atoms with Crippen LogP contribution in [0.5, 0.6) is 0 Å². The minimum atomic E-state index is -3.91. The molecule has 0 aliphatic rings. The van der Waals surface area contributed by atoms with Crippen LogP contribution in [0, 0.1) is 13.8 Å². The van der Waals surface area contributed by atoms with Crippen molar-refractivity contribution in [1.82, 2.24) is 9.71 Å². The first-order valence-electron chi connectivity index (χ1n) is 5.94. The lowest BCUT2D eigenvalue weighted by Crippen LogP contribution is -2.23. The average Bonchev–Trinajstić information content (AvgIpc) is 3.04. The molecule has 0 amide bonds. The Morgan fingerprint density at radius 3 is 2.62 bits per heavy atom. The number of aryl methyl sites for hydroxylation is 2. The molecule has 0 spiro atoms. The van der Waals surface area contributed by atoms with Crippen molar-refractivity contribution in [3.05, 3.63) is 35.2 Å². The number of furan rings is 1. The van der Waals surface area contributed by atoms with Gasteiger partial charge in [0.1, 0.15) is 5.76 Å². The maximum atomic E-state index is 12.0. The summed E-state index contributed by atoms with van der Waals surface area (Å²) in [6.07, 6.45) is 0. The molecule has 8 nitrogen and oxygen atoms in total. The van der Waals surface area contributed by atoms with Crippen molar-refractivity contribution >= 4 is 16.0 Å². The molecule has 0 atom stereocenters. The predicted molar refractivity (Wildman–Crippen MR) is 70.1 cm³/mol. The number of aromatic nitrogens is 1. The zero-order valence-corrected chi connectivity index (χ0v) is 12.5. The quantitative estimate of drug-likeness (QED) is 0.824. The van der Waals surface area contributed by atoms with E-state index >= 15 is 0 Å². The molecule has 114 valence electrons. The maximum absolute atomic E-state index is 12.0. The summed E-state index contributed by atoms with van der Waals surface area (Å²) in [4.78, 5) is 15.3. The Morgan fingerprint density at radius 1 is 1.33 bits per heavy atom. The minimum Gasteiger partial charge on any atom is -0.463 e. The molecule has 0 aromatic carbocycles. The van der Waals surface area contributed by atoms with E-state index in [1.54, 1.807) is 13.8 Å². The van der Waals surface area contributed by atoms with Crippen molar-refractivity contribution < 1.29 is 26.8 Å². The van der Waals surface area contributed by atoms with Crippen molar-refractivity contribution in [2.24, 2.45) is 0 Å². The SMILES string of the molecule is COC(=O)c1ccc(S(=O)(=O)NCc2nc(C)c(C)o2)o1. The number of sulfonamides is 1. The number of nitrogens with one attached hydrogen (secondary N) is 1. The van der Waals surface area contributed by atoms with Crippen molar-refractivity contribution in [2.75, 3.05) is 7.11 Å². The molecule has 2 rings (SSSR count). The lowest BCUT2D eigenvalue weighted by molar-refractivity contribution is 0.0559. The third-order valence-electron chi connectivity index (χ3n) is 2.72. The van der Waals surface area contributed by atoms with Crippen LogP contribution < -0.4 is 4.72 Å². The Bertz CT molecular complexity index is 739. The number of rotatable bonds is 5. The van der Waals surface area contributed by atoms with Crippen molar-refractivity contribution in [2.45, 2.75) is 25.5 Å². The van der Waals surface area contributed by atoms with Crippen LogP contribution in [0.2, 0.25) is 0 Å². The number of methoxy groups -OCH3 is 1. The highest BCUT2D eigenvalue weighted by Gasteiger charge is 2.22. The second-order valence-electron chi connectivity index (χ2n) is 4.18. The molecule has 0 saturated heterocycles. The summed E-state index contributed by atoms with van der Waals surface area (Å²) >= 11 is 0. The lowest BCUT2D eigenvalue weighted by Gasteiger charge is -2.01. The average molecular weight is 314 g/mol. The van der Waals surface area contributed by atoms with Gasteiger partial charge in [0, 0.05) is 0 Å². The van der Waals surface area contributed by atoms with Gasteiger partial charge in [0.2, 0.25) is 16.7 Å². The van der Waals surface area contributed by atoms with Crippen molar-refractivity contribution in [3.8, 4) is 0 Å². The molecule has 1 N–H and O–H groups in total. The van der Waals surface area contributed by atoms with Crippen LogP contribution in [-0.4, -0.2) is 26.5 Å². The van der Waals surface area contributed by atoms with E-state index < -0.39 is 16.0 Å². The summed E-state index contributed by atoms with van der Waals surface area (Å²) in [5.74, 6) is -0.0837. The number of hydrogen-bond acceptors (Lipinski definition) is 7. The summed E-state index contributed by atoms with van der Waals surface area (Å²) in [5, 5.41) is -0.386. The van der Waals surface area contributed by atoms with Gasteiger partial charge in [0.05, 0.1) is 19.3 Å². The summed E-state index contributed by atoms with van der Waals surface area (Å²) in [6, 6.07) is 2.39. The topological polar surface area (TPSA) is 112 Å². The van der Waals surface area contributed by atoms with E-state index in [0.717, 1.165) is 0 Å². The number of carbonyl (C=O) groups excluding carboxylic acids is 1. The highest BCUT2D eigenvalue weighted by molar-refractivity contribution is 7.89. The molecule has 0 fully saturated rings. The largest absolute Gasteiger partial charge is 0.463 e. The molecule has 21 heavy (non-hydrogen) atoms. The Morgan fingerprint density at radius 2 is 2.05 bits per heavy atom. The third-order valence-corrected chi connectivity index (χ3v) is 3.99. The van der Waals surface area contributed by atoms with Gasteiger partial charge in [-0.15, -0.1) is 0 Å². The van der Waals surface area contributed by atoms with E-state index in [9.17, 15) is 13.2 Å². The van der Waals surface area contributed by atoms with Gasteiger partial charge in [-0.05, 0) is 26.0 Å². The molecule has 0 radical (unpaired) electrons. The van der Waals surface area contributed by atoms with Gasteiger partial charge in [-0.25, -0.2) is 18.2 Å². The van der Waals surface area contributed by atoms with E-state index in [0.29, 0.717) is 11.5 Å². The normalized spacial score (nSPS) is 11.6. The van der Waals surface area contributed by atoms with E-state index in [4.69, 9.17) is 8.83 Å². The molecule has 0 bridgehead atoms. The molecule has 2 aromatic rings. The summed E-state index contributed by atoms with van der Waals surface area (Å²) in [5.41, 5.74) is 0.690. The van der Waals surface area contributed by atoms with Crippen LogP contribution in [-0.2, 0) is 21.3 Å². The Hall–Kier alpha value is -2.13. The van der Waals surface area contributed by atoms with Crippen LogP contribution in [0.1, 0.15) is 27.9 Å². The number of esters is 1. The number of nitrogens with zero attached hydrogens (tertiary/aromatic N) is 1. The van der Waals surface area contributed by atoms with Crippen LogP contribution in [0.4, 0.5) is 0 Å². The van der Waals surface area contributed by atoms with E-state index in [2.05, 4.69) is 14.4 Å². The second kappa shape index (κ2) is 5.70. The first-order valence-corrected chi connectivity index (χ1v) is 7.42. The Labute approximate surface area is 121 Å². The Kier molecular flexibility index (Phi) is 4.14. The summed E-state index contributed by atoms with van der Waals surface area (Å²) < 4.78 is 40.9. The van der Waals surface area contributed by atoms with Gasteiger partial charge in [-0.1, -0.05) is 0 Å². The number of carbonyl (C=O) groups is 1. The van der Waals surface area contributed by atoms with Gasteiger partial charge < -0.3 is 13.6 Å². The zero-order chi connectivity index (χ0) is 15.6. The number of oxazole rings is 1. The van der Waals surface area contributed by atoms with Crippen LogP contribution >= 0.6 is 0 Å². The fraction of sp³-hybridized carbons (Fsp3) is 0.333. The second-order valence-corrected chi connectivity index (χ2v) is 5.88. The monoisotopic (exact) mass is 314 g/mol. The van der Waals surface area contributed by atoms with Crippen LogP contribution in [0.25, 0.3) is 0 Å². The molecule has 2 aromatic heterocycles. The van der Waals surface area contributed by atoms with Crippen molar-refractivity contribution in [3.63, 3.8) is 0 Å². The van der Waals surface area contributed by atoms with Crippen LogP contribution in [0.15, 0.2) is 26.1 Å².